The Kier molecular flexibility index (Phi) is 4.37. The second-order valence-corrected chi connectivity index (χ2v) is 5.58. The predicted molar refractivity (Wildman–Crippen MR) is 82.2 cm³/mol. The fourth-order valence-corrected chi connectivity index (χ4v) is 2.13. The average Bonchev–Trinajstić information content (AvgIpc) is 3.38. The number of nitrogens with zero attached hydrogens (tertiary/aromatic N) is 2. The van der Waals surface area contributed by atoms with E-state index in [1.54, 1.807) is 24.3 Å². The van der Waals surface area contributed by atoms with E-state index in [0.717, 1.165) is 30.7 Å². The van der Waals surface area contributed by atoms with Crippen LogP contribution >= 0.6 is 0 Å². The van der Waals surface area contributed by atoms with E-state index in [4.69, 9.17) is 0 Å². The van der Waals surface area contributed by atoms with Crippen molar-refractivity contribution in [1.29, 1.82) is 0 Å². The van der Waals surface area contributed by atoms with Gasteiger partial charge in [0.2, 0.25) is 11.9 Å². The van der Waals surface area contributed by atoms with E-state index in [-0.39, 0.29) is 24.3 Å². The zero-order chi connectivity index (χ0) is 17.2. The molecule has 1 saturated carbocycles. The molecule has 1 heterocycles. The number of halogens is 3. The number of nitrogens with one attached hydrogen (secondary N) is 2. The maximum absolute atomic E-state index is 12.6. The second kappa shape index (κ2) is 6.46. The minimum atomic E-state index is -4.51. The number of amides is 1. The van der Waals surface area contributed by atoms with Crippen LogP contribution in [-0.4, -0.2) is 15.9 Å². The van der Waals surface area contributed by atoms with Gasteiger partial charge in [0.05, 0.1) is 0 Å². The van der Waals surface area contributed by atoms with Crippen molar-refractivity contribution in [3.8, 4) is 0 Å². The summed E-state index contributed by atoms with van der Waals surface area (Å²) in [5, 5.41) is 5.58. The molecule has 0 spiro atoms. The molecule has 0 aliphatic heterocycles. The van der Waals surface area contributed by atoms with Gasteiger partial charge in [-0.05, 0) is 36.6 Å². The first-order chi connectivity index (χ1) is 11.4. The molecule has 2 N–H and O–H groups in total. The molecule has 1 aromatic carbocycles. The van der Waals surface area contributed by atoms with Crippen LogP contribution in [0.15, 0.2) is 36.5 Å². The third-order valence-corrected chi connectivity index (χ3v) is 3.54. The van der Waals surface area contributed by atoms with Crippen LogP contribution < -0.4 is 10.6 Å². The maximum atomic E-state index is 12.6. The Morgan fingerprint density at radius 1 is 1.25 bits per heavy atom. The molecule has 3 rings (SSSR count). The number of aromatic nitrogens is 2. The molecule has 1 fully saturated rings. The normalized spacial score (nSPS) is 14.3. The number of alkyl halides is 3. The molecule has 126 valence electrons. The number of hydrogen-bond donors (Lipinski definition) is 2. The van der Waals surface area contributed by atoms with Gasteiger partial charge in [0, 0.05) is 24.3 Å². The lowest BCUT2D eigenvalue weighted by molar-refractivity contribution is -0.141. The van der Waals surface area contributed by atoms with Crippen molar-refractivity contribution in [3.05, 3.63) is 47.8 Å². The van der Waals surface area contributed by atoms with Crippen LogP contribution in [0.3, 0.4) is 0 Å². The molecule has 24 heavy (non-hydrogen) atoms. The highest BCUT2D eigenvalue weighted by molar-refractivity contribution is 5.94. The van der Waals surface area contributed by atoms with Crippen molar-refractivity contribution >= 4 is 17.5 Å². The lowest BCUT2D eigenvalue weighted by Gasteiger charge is -2.10. The first kappa shape index (κ1) is 16.2. The van der Waals surface area contributed by atoms with Gasteiger partial charge in [-0.25, -0.2) is 9.97 Å². The molecule has 2 aromatic rings. The summed E-state index contributed by atoms with van der Waals surface area (Å²) >= 11 is 0. The van der Waals surface area contributed by atoms with E-state index in [1.165, 1.54) is 0 Å². The van der Waals surface area contributed by atoms with Crippen LogP contribution in [0.5, 0.6) is 0 Å². The van der Waals surface area contributed by atoms with Gasteiger partial charge in [-0.3, -0.25) is 4.79 Å². The molecule has 1 aliphatic rings. The lowest BCUT2D eigenvalue weighted by Crippen LogP contribution is -2.14. The highest BCUT2D eigenvalue weighted by Gasteiger charge is 2.32. The van der Waals surface area contributed by atoms with Gasteiger partial charge in [0.25, 0.3) is 0 Å². The fraction of sp³-hybridized carbons (Fsp3) is 0.312. The molecule has 8 heteroatoms. The van der Waals surface area contributed by atoms with Crippen LogP contribution in [0.25, 0.3) is 0 Å². The average molecular weight is 336 g/mol. The highest BCUT2D eigenvalue weighted by atomic mass is 19.4. The lowest BCUT2D eigenvalue weighted by atomic mass is 10.2. The Bertz CT molecular complexity index is 744. The van der Waals surface area contributed by atoms with Gasteiger partial charge >= 0.3 is 6.18 Å². The maximum Gasteiger partial charge on any atom is 0.433 e. The van der Waals surface area contributed by atoms with Crippen LogP contribution in [0.1, 0.15) is 24.1 Å². The van der Waals surface area contributed by atoms with Gasteiger partial charge in [-0.1, -0.05) is 12.1 Å². The summed E-state index contributed by atoms with van der Waals surface area (Å²) in [5.41, 5.74) is 0.464. The highest BCUT2D eigenvalue weighted by Crippen LogP contribution is 2.30. The predicted octanol–water partition coefficient (Wildman–Crippen LogP) is 3.46. The number of hydrogen-bond acceptors (Lipinski definition) is 4. The number of benzene rings is 1. The summed E-state index contributed by atoms with van der Waals surface area (Å²) in [6, 6.07) is 7.92. The van der Waals surface area contributed by atoms with Crippen molar-refractivity contribution in [2.75, 3.05) is 10.6 Å². The minimum Gasteiger partial charge on any atom is -0.350 e. The quantitative estimate of drug-likeness (QED) is 0.877. The van der Waals surface area contributed by atoms with Crippen LogP contribution in [0.2, 0.25) is 0 Å². The second-order valence-electron chi connectivity index (χ2n) is 5.58. The minimum absolute atomic E-state index is 0.00122. The fourth-order valence-electron chi connectivity index (χ4n) is 2.13. The largest absolute Gasteiger partial charge is 0.433 e. The van der Waals surface area contributed by atoms with Gasteiger partial charge in [-0.15, -0.1) is 0 Å². The van der Waals surface area contributed by atoms with Crippen LogP contribution in [0.4, 0.5) is 24.8 Å². The standard InChI is InChI=1S/C16H15F3N4O/c17-16(18,19)13-6-7-20-15(23-13)21-9-10-2-1-3-12(8-10)22-14(24)11-4-5-11/h1-3,6-8,11H,4-5,9H2,(H,22,24)(H,20,21,23). The van der Waals surface area contributed by atoms with Crippen LogP contribution in [-0.2, 0) is 17.5 Å². The van der Waals surface area contributed by atoms with Gasteiger partial charge in [-0.2, -0.15) is 13.2 Å². The van der Waals surface area contributed by atoms with Crippen LogP contribution in [0, 0.1) is 5.92 Å². The SMILES string of the molecule is O=C(Nc1cccc(CNc2nccc(C(F)(F)F)n2)c1)C1CC1. The van der Waals surface area contributed by atoms with Crippen molar-refractivity contribution in [2.24, 2.45) is 5.92 Å². The summed E-state index contributed by atoms with van der Waals surface area (Å²) < 4.78 is 37.9. The summed E-state index contributed by atoms with van der Waals surface area (Å²) in [4.78, 5) is 19.0. The van der Waals surface area contributed by atoms with Crippen molar-refractivity contribution in [2.45, 2.75) is 25.6 Å². The number of carbonyl (C=O) groups excluding carboxylic acids is 1. The molecule has 0 atom stereocenters. The van der Waals surface area contributed by atoms with Crippen molar-refractivity contribution in [1.82, 2.24) is 9.97 Å². The Morgan fingerprint density at radius 2 is 2.04 bits per heavy atom. The summed E-state index contributed by atoms with van der Waals surface area (Å²) in [5.74, 6) is 0.00357. The molecule has 1 amide bonds. The molecular weight excluding hydrogens is 321 g/mol. The molecule has 0 saturated heterocycles. The third-order valence-electron chi connectivity index (χ3n) is 3.54. The zero-order valence-corrected chi connectivity index (χ0v) is 12.6. The number of carbonyl (C=O) groups is 1. The molecule has 1 aromatic heterocycles. The summed E-state index contributed by atoms with van der Waals surface area (Å²) in [6.07, 6.45) is -1.61. The summed E-state index contributed by atoms with van der Waals surface area (Å²) in [7, 11) is 0. The Balaban J connectivity index is 1.63. The van der Waals surface area contributed by atoms with E-state index in [1.807, 2.05) is 0 Å². The molecule has 5 nitrogen and oxygen atoms in total. The number of anilines is 2. The zero-order valence-electron chi connectivity index (χ0n) is 12.6. The van der Waals surface area contributed by atoms with Gasteiger partial charge in [0.15, 0.2) is 0 Å². The first-order valence-corrected chi connectivity index (χ1v) is 7.46. The Labute approximate surface area is 136 Å². The molecule has 0 unspecified atom stereocenters. The Hall–Kier alpha value is -2.64. The van der Waals surface area contributed by atoms with Gasteiger partial charge in [0.1, 0.15) is 5.69 Å². The van der Waals surface area contributed by atoms with Crippen molar-refractivity contribution in [3.63, 3.8) is 0 Å². The monoisotopic (exact) mass is 336 g/mol. The van der Waals surface area contributed by atoms with E-state index in [0.29, 0.717) is 5.69 Å². The first-order valence-electron chi connectivity index (χ1n) is 7.46. The smallest absolute Gasteiger partial charge is 0.350 e. The molecular formula is C16H15F3N4O. The van der Waals surface area contributed by atoms with E-state index < -0.39 is 11.9 Å². The van der Waals surface area contributed by atoms with Gasteiger partial charge < -0.3 is 10.6 Å². The summed E-state index contributed by atoms with van der Waals surface area (Å²) in [6.45, 7) is 0.244. The molecule has 0 radical (unpaired) electrons. The van der Waals surface area contributed by atoms with Crippen molar-refractivity contribution < 1.29 is 18.0 Å². The van der Waals surface area contributed by atoms with E-state index >= 15 is 0 Å². The van der Waals surface area contributed by atoms with E-state index in [2.05, 4.69) is 20.6 Å². The topological polar surface area (TPSA) is 66.9 Å². The Morgan fingerprint density at radius 3 is 2.75 bits per heavy atom. The third kappa shape index (κ3) is 4.21. The molecule has 1 aliphatic carbocycles. The number of rotatable bonds is 5. The molecule has 0 bridgehead atoms. The van der Waals surface area contributed by atoms with E-state index in [9.17, 15) is 18.0 Å².